The van der Waals surface area contributed by atoms with Crippen LogP contribution >= 0.6 is 11.8 Å². The highest BCUT2D eigenvalue weighted by atomic mass is 32.2. The van der Waals surface area contributed by atoms with Gasteiger partial charge in [-0.1, -0.05) is 17.7 Å². The van der Waals surface area contributed by atoms with Crippen LogP contribution < -0.4 is 10.5 Å². The first-order chi connectivity index (χ1) is 15.7. The molecule has 2 N–H and O–H groups in total. The number of ketones is 1. The number of thioether (sulfide) groups is 1. The number of aromatic nitrogens is 2. The third kappa shape index (κ3) is 4.30. The predicted octanol–water partition coefficient (Wildman–Crippen LogP) is 2.87. The average Bonchev–Trinajstić information content (AvgIpc) is 3.49. The molecular formula is C23H22F2N4O3S. The molecule has 0 saturated heterocycles. The van der Waals surface area contributed by atoms with Crippen molar-refractivity contribution in [2.24, 2.45) is 16.6 Å². The molecule has 1 fully saturated rings. The van der Waals surface area contributed by atoms with Gasteiger partial charge in [0, 0.05) is 25.0 Å². The van der Waals surface area contributed by atoms with Gasteiger partial charge < -0.3 is 15.2 Å². The Morgan fingerprint density at radius 3 is 2.82 bits per heavy atom. The van der Waals surface area contributed by atoms with Crippen LogP contribution in [0, 0.1) is 29.9 Å². The van der Waals surface area contributed by atoms with Gasteiger partial charge >= 0.3 is 0 Å². The molecule has 33 heavy (non-hydrogen) atoms. The van der Waals surface area contributed by atoms with E-state index in [4.69, 9.17) is 21.6 Å². The van der Waals surface area contributed by atoms with Crippen molar-refractivity contribution in [2.45, 2.75) is 30.1 Å². The zero-order valence-corrected chi connectivity index (χ0v) is 18.9. The highest BCUT2D eigenvalue weighted by Gasteiger charge is 2.66. The van der Waals surface area contributed by atoms with Gasteiger partial charge in [0.25, 0.3) is 0 Å². The first-order valence-electron chi connectivity index (χ1n) is 10.2. The van der Waals surface area contributed by atoms with E-state index < -0.39 is 23.0 Å². The second kappa shape index (κ2) is 8.72. The molecule has 7 nitrogen and oxygen atoms in total. The lowest BCUT2D eigenvalue weighted by molar-refractivity contribution is 0.0987. The molecule has 1 aromatic heterocycles. The quantitative estimate of drug-likeness (QED) is 0.466. The number of nitrogens with two attached hydrogens (primary N) is 1. The number of hydrogen-bond acceptors (Lipinski definition) is 8. The number of fused-ring (bicyclic) bond motifs is 1. The van der Waals surface area contributed by atoms with Crippen LogP contribution in [0.15, 0.2) is 29.5 Å². The van der Waals surface area contributed by atoms with Crippen molar-refractivity contribution in [3.63, 3.8) is 0 Å². The summed E-state index contributed by atoms with van der Waals surface area (Å²) in [4.78, 5) is 25.2. The number of nitrogens with zero attached hydrogens (tertiary/aromatic N) is 3. The lowest BCUT2D eigenvalue weighted by Gasteiger charge is -2.34. The van der Waals surface area contributed by atoms with Crippen molar-refractivity contribution in [3.05, 3.63) is 53.0 Å². The molecule has 10 heteroatoms. The van der Waals surface area contributed by atoms with Crippen LogP contribution in [0.2, 0.25) is 0 Å². The monoisotopic (exact) mass is 472 g/mol. The van der Waals surface area contributed by atoms with E-state index in [-0.39, 0.29) is 40.8 Å². The fourth-order valence-corrected chi connectivity index (χ4v) is 5.82. The van der Waals surface area contributed by atoms with Crippen LogP contribution in [-0.2, 0) is 16.7 Å². The fraction of sp³-hybridized carbons (Fsp3) is 0.391. The number of aliphatic imine (C=N–C) groups is 1. The summed E-state index contributed by atoms with van der Waals surface area (Å²) in [6.07, 6.45) is 8.17. The van der Waals surface area contributed by atoms with Crippen LogP contribution in [0.4, 0.5) is 8.78 Å². The molecule has 172 valence electrons. The first kappa shape index (κ1) is 23.1. The van der Waals surface area contributed by atoms with Gasteiger partial charge in [-0.05, 0) is 31.0 Å². The van der Waals surface area contributed by atoms with E-state index in [9.17, 15) is 13.6 Å². The van der Waals surface area contributed by atoms with E-state index in [0.29, 0.717) is 23.8 Å². The number of carbonyl (C=O) groups excluding carboxylic acids is 1. The maximum absolute atomic E-state index is 15.0. The van der Waals surface area contributed by atoms with Crippen molar-refractivity contribution < 1.29 is 23.0 Å². The molecule has 2 aromatic rings. The van der Waals surface area contributed by atoms with Gasteiger partial charge in [-0.2, -0.15) is 0 Å². The van der Waals surface area contributed by atoms with Gasteiger partial charge in [0.15, 0.2) is 29.2 Å². The Balaban J connectivity index is 1.61. The SMILES string of the molecule is C#CCOc1cnc(C(=O)Cc2cc(F)c(F)c([C@@]3(C)N=C(N)S[C@@]4(COC)C[C@H]43)c2)cn1. The summed E-state index contributed by atoms with van der Waals surface area (Å²) in [7, 11) is 1.59. The summed E-state index contributed by atoms with van der Waals surface area (Å²) in [5.74, 6) is -0.0490. The summed E-state index contributed by atoms with van der Waals surface area (Å²) in [6.45, 7) is 2.19. The molecule has 3 atom stereocenters. The van der Waals surface area contributed by atoms with Crippen molar-refractivity contribution in [2.75, 3.05) is 20.3 Å². The molecule has 1 saturated carbocycles. The lowest BCUT2D eigenvalue weighted by Crippen LogP contribution is -2.38. The lowest BCUT2D eigenvalue weighted by atomic mass is 9.84. The maximum atomic E-state index is 15.0. The second-order valence-corrected chi connectivity index (χ2v) is 9.66. The number of benzene rings is 1. The molecular weight excluding hydrogens is 450 g/mol. The van der Waals surface area contributed by atoms with E-state index in [0.717, 1.165) is 6.07 Å². The largest absolute Gasteiger partial charge is 0.463 e. The molecule has 1 aliphatic heterocycles. The summed E-state index contributed by atoms with van der Waals surface area (Å²) in [5, 5.41) is 0.298. The Bertz CT molecular complexity index is 1170. The Morgan fingerprint density at radius 1 is 1.36 bits per heavy atom. The van der Waals surface area contributed by atoms with Crippen LogP contribution in [0.1, 0.15) is 35.0 Å². The molecule has 0 unspecified atom stereocenters. The minimum Gasteiger partial charge on any atom is -0.463 e. The zero-order chi connectivity index (χ0) is 23.8. The fourth-order valence-electron chi connectivity index (χ4n) is 4.37. The molecule has 1 aliphatic carbocycles. The number of Topliss-reactive ketones (excluding diaryl/α,β-unsaturated/α-hetero) is 1. The number of methoxy groups -OCH3 is 1. The summed E-state index contributed by atoms with van der Waals surface area (Å²) in [5.41, 5.74) is 5.42. The Morgan fingerprint density at radius 2 is 2.15 bits per heavy atom. The smallest absolute Gasteiger partial charge is 0.233 e. The van der Waals surface area contributed by atoms with Gasteiger partial charge in [-0.25, -0.2) is 18.7 Å². The molecule has 2 aliphatic rings. The van der Waals surface area contributed by atoms with Gasteiger partial charge in [0.05, 0.1) is 29.3 Å². The van der Waals surface area contributed by atoms with Crippen molar-refractivity contribution in [1.29, 1.82) is 0 Å². The molecule has 0 spiro atoms. The van der Waals surface area contributed by atoms with Crippen LogP contribution in [0.5, 0.6) is 5.88 Å². The number of hydrogen-bond donors (Lipinski definition) is 1. The molecule has 2 heterocycles. The van der Waals surface area contributed by atoms with Crippen LogP contribution in [0.25, 0.3) is 0 Å². The van der Waals surface area contributed by atoms with Gasteiger partial charge in [0.2, 0.25) is 5.88 Å². The van der Waals surface area contributed by atoms with Gasteiger partial charge in [0.1, 0.15) is 5.69 Å². The maximum Gasteiger partial charge on any atom is 0.233 e. The van der Waals surface area contributed by atoms with Crippen LogP contribution in [-0.4, -0.2) is 46.0 Å². The topological polar surface area (TPSA) is 99.7 Å². The van der Waals surface area contributed by atoms with E-state index in [1.807, 2.05) is 0 Å². The predicted molar refractivity (Wildman–Crippen MR) is 120 cm³/mol. The number of carbonyl (C=O) groups is 1. The molecule has 0 bridgehead atoms. The van der Waals surface area contributed by atoms with E-state index in [1.54, 1.807) is 14.0 Å². The van der Waals surface area contributed by atoms with Crippen molar-refractivity contribution in [1.82, 2.24) is 9.97 Å². The summed E-state index contributed by atoms with van der Waals surface area (Å²) < 4.78 is 39.8. The zero-order valence-electron chi connectivity index (χ0n) is 18.1. The minimum absolute atomic E-state index is 0.0243. The molecule has 4 rings (SSSR count). The van der Waals surface area contributed by atoms with Gasteiger partial charge in [-0.3, -0.25) is 9.79 Å². The van der Waals surface area contributed by atoms with Crippen molar-refractivity contribution in [3.8, 4) is 18.2 Å². The third-order valence-corrected chi connectivity index (χ3v) is 7.23. The number of rotatable bonds is 8. The normalized spacial score (nSPS) is 25.5. The third-order valence-electron chi connectivity index (χ3n) is 5.96. The van der Waals surface area contributed by atoms with Gasteiger partial charge in [-0.15, -0.1) is 6.42 Å². The number of halogens is 2. The van der Waals surface area contributed by atoms with E-state index in [1.165, 1.54) is 30.2 Å². The molecule has 1 aromatic carbocycles. The van der Waals surface area contributed by atoms with E-state index in [2.05, 4.69) is 20.9 Å². The Kier molecular flexibility index (Phi) is 6.12. The molecule has 0 amide bonds. The average molecular weight is 473 g/mol. The first-order valence-corrected chi connectivity index (χ1v) is 11.0. The van der Waals surface area contributed by atoms with Crippen molar-refractivity contribution >= 4 is 22.7 Å². The minimum atomic E-state index is -1.08. The van der Waals surface area contributed by atoms with Crippen LogP contribution in [0.3, 0.4) is 0 Å². The summed E-state index contributed by atoms with van der Waals surface area (Å²) in [6, 6.07) is 2.49. The number of ether oxygens (including phenoxy) is 2. The summed E-state index contributed by atoms with van der Waals surface area (Å²) >= 11 is 1.41. The highest BCUT2D eigenvalue weighted by molar-refractivity contribution is 8.15. The molecule has 0 radical (unpaired) electrons. The highest BCUT2D eigenvalue weighted by Crippen LogP contribution is 2.66. The van der Waals surface area contributed by atoms with E-state index >= 15 is 0 Å². The Hall–Kier alpha value is -3.03. The Labute approximate surface area is 194 Å². The number of amidine groups is 1. The second-order valence-electron chi connectivity index (χ2n) is 8.23. The number of terminal acetylenes is 1. The standard InChI is InChI=1S/C23H22F2N4O3S/c1-4-5-32-19-11-27-16(10-28-19)17(30)8-13-6-14(20(25)15(24)7-13)22(2)18-9-23(18,12-31-3)33-21(26)29-22/h1,6-7,10-11,18H,5,8-9,12H2,2-3H3,(H2,26,29)/t18-,22+,23+/m0/s1.